The number of amides is 2. The summed E-state index contributed by atoms with van der Waals surface area (Å²) in [6.07, 6.45) is -0.0108. The highest BCUT2D eigenvalue weighted by Gasteiger charge is 2.38. The van der Waals surface area contributed by atoms with E-state index in [2.05, 4.69) is 4.99 Å². The van der Waals surface area contributed by atoms with E-state index < -0.39 is 11.9 Å². The lowest BCUT2D eigenvalue weighted by molar-refractivity contribution is -0.141. The van der Waals surface area contributed by atoms with Gasteiger partial charge in [-0.15, -0.1) is 0 Å². The Morgan fingerprint density at radius 2 is 2.27 bits per heavy atom. The van der Waals surface area contributed by atoms with Gasteiger partial charge in [-0.3, -0.25) is 19.3 Å². The maximum Gasteiger partial charge on any atom is 0.308 e. The van der Waals surface area contributed by atoms with Crippen molar-refractivity contribution >= 4 is 34.7 Å². The van der Waals surface area contributed by atoms with Crippen LogP contribution in [0, 0.1) is 5.92 Å². The SMILES string of the molecule is O=C1CSC(N2CC(C(=O)O)CC2=O)=N1. The van der Waals surface area contributed by atoms with Crippen molar-refractivity contribution in [2.45, 2.75) is 6.42 Å². The van der Waals surface area contributed by atoms with Gasteiger partial charge < -0.3 is 5.11 Å². The number of likely N-dealkylation sites (tertiary alicyclic amines) is 1. The fourth-order valence-corrected chi connectivity index (χ4v) is 2.31. The molecule has 6 nitrogen and oxygen atoms in total. The molecule has 0 aromatic rings. The van der Waals surface area contributed by atoms with Crippen molar-refractivity contribution in [1.29, 1.82) is 0 Å². The molecule has 2 aliphatic heterocycles. The van der Waals surface area contributed by atoms with E-state index in [1.54, 1.807) is 0 Å². The summed E-state index contributed by atoms with van der Waals surface area (Å²) in [6, 6.07) is 0. The summed E-state index contributed by atoms with van der Waals surface area (Å²) in [7, 11) is 0. The third-order valence-electron chi connectivity index (χ3n) is 2.25. The molecule has 15 heavy (non-hydrogen) atoms. The minimum atomic E-state index is -0.985. The van der Waals surface area contributed by atoms with Crippen molar-refractivity contribution in [2.24, 2.45) is 10.9 Å². The van der Waals surface area contributed by atoms with Crippen molar-refractivity contribution < 1.29 is 19.5 Å². The lowest BCUT2D eigenvalue weighted by Crippen LogP contribution is -2.30. The highest BCUT2D eigenvalue weighted by molar-refractivity contribution is 8.14. The number of nitrogens with zero attached hydrogens (tertiary/aromatic N) is 2. The van der Waals surface area contributed by atoms with E-state index in [1.807, 2.05) is 0 Å². The van der Waals surface area contributed by atoms with Crippen molar-refractivity contribution in [1.82, 2.24) is 4.90 Å². The summed E-state index contributed by atoms with van der Waals surface area (Å²) < 4.78 is 0. The van der Waals surface area contributed by atoms with Crippen LogP contribution in [0.5, 0.6) is 0 Å². The Kier molecular flexibility index (Phi) is 2.47. The van der Waals surface area contributed by atoms with Gasteiger partial charge in [0.25, 0.3) is 5.91 Å². The van der Waals surface area contributed by atoms with Gasteiger partial charge in [-0.2, -0.15) is 4.99 Å². The van der Waals surface area contributed by atoms with Gasteiger partial charge in [0.15, 0.2) is 5.17 Å². The Morgan fingerprint density at radius 1 is 1.53 bits per heavy atom. The number of aliphatic carboxylic acids is 1. The zero-order chi connectivity index (χ0) is 11.0. The number of hydrogen-bond acceptors (Lipinski definition) is 4. The number of carboxylic acids is 1. The molecule has 0 bridgehead atoms. The molecule has 80 valence electrons. The molecule has 1 saturated heterocycles. The van der Waals surface area contributed by atoms with Crippen LogP contribution in [0.4, 0.5) is 0 Å². The van der Waals surface area contributed by atoms with E-state index >= 15 is 0 Å². The van der Waals surface area contributed by atoms with Gasteiger partial charge in [0.2, 0.25) is 5.91 Å². The molecule has 2 rings (SSSR count). The minimum Gasteiger partial charge on any atom is -0.481 e. The standard InChI is InChI=1S/C8H8N2O4S/c11-5-3-15-8(9-5)10-2-4(7(13)14)1-6(10)12/h4H,1-3H2,(H,13,14). The first-order valence-electron chi connectivity index (χ1n) is 4.35. The second kappa shape index (κ2) is 3.65. The van der Waals surface area contributed by atoms with Crippen LogP contribution in [-0.2, 0) is 14.4 Å². The predicted molar refractivity (Wildman–Crippen MR) is 52.4 cm³/mol. The predicted octanol–water partition coefficient (Wildman–Crippen LogP) is -0.451. The number of hydrogen-bond donors (Lipinski definition) is 1. The Labute approximate surface area is 89.3 Å². The Morgan fingerprint density at radius 3 is 2.73 bits per heavy atom. The van der Waals surface area contributed by atoms with Crippen LogP contribution >= 0.6 is 11.8 Å². The first-order chi connectivity index (χ1) is 7.08. The Balaban J connectivity index is 2.12. The average molecular weight is 228 g/mol. The van der Waals surface area contributed by atoms with Crippen molar-refractivity contribution in [3.63, 3.8) is 0 Å². The second-order valence-corrected chi connectivity index (χ2v) is 4.26. The van der Waals surface area contributed by atoms with Gasteiger partial charge in [-0.05, 0) is 0 Å². The first-order valence-corrected chi connectivity index (χ1v) is 5.34. The molecule has 2 aliphatic rings. The molecule has 0 spiro atoms. The number of thioether (sulfide) groups is 1. The quantitative estimate of drug-likeness (QED) is 0.656. The third-order valence-corrected chi connectivity index (χ3v) is 3.21. The molecule has 0 aliphatic carbocycles. The summed E-state index contributed by atoms with van der Waals surface area (Å²) in [4.78, 5) is 37.9. The highest BCUT2D eigenvalue weighted by Crippen LogP contribution is 2.25. The molecule has 2 heterocycles. The summed E-state index contributed by atoms with van der Waals surface area (Å²) in [5.74, 6) is -1.99. The third kappa shape index (κ3) is 1.87. The minimum absolute atomic E-state index is 0.0108. The van der Waals surface area contributed by atoms with Crippen molar-refractivity contribution in [3.05, 3.63) is 0 Å². The molecule has 0 radical (unpaired) electrons. The van der Waals surface area contributed by atoms with Gasteiger partial charge in [0.1, 0.15) is 0 Å². The molecular weight excluding hydrogens is 220 g/mol. The smallest absolute Gasteiger partial charge is 0.308 e. The molecule has 1 unspecified atom stereocenters. The number of carbonyl (C=O) groups excluding carboxylic acids is 2. The van der Waals surface area contributed by atoms with Gasteiger partial charge in [-0.25, -0.2) is 0 Å². The fraction of sp³-hybridized carbons (Fsp3) is 0.500. The highest BCUT2D eigenvalue weighted by atomic mass is 32.2. The van der Waals surface area contributed by atoms with Gasteiger partial charge in [-0.1, -0.05) is 11.8 Å². The average Bonchev–Trinajstić information content (AvgIpc) is 2.71. The van der Waals surface area contributed by atoms with E-state index in [-0.39, 0.29) is 30.5 Å². The molecule has 7 heteroatoms. The lowest BCUT2D eigenvalue weighted by Gasteiger charge is -2.13. The second-order valence-electron chi connectivity index (χ2n) is 3.32. The molecule has 1 atom stereocenters. The van der Waals surface area contributed by atoms with Gasteiger partial charge in [0, 0.05) is 13.0 Å². The van der Waals surface area contributed by atoms with Crippen LogP contribution in [-0.4, -0.2) is 45.3 Å². The van der Waals surface area contributed by atoms with Crippen LogP contribution < -0.4 is 0 Å². The molecule has 0 aromatic carbocycles. The number of carboxylic acid groups (broad SMARTS) is 1. The maximum atomic E-state index is 11.4. The summed E-state index contributed by atoms with van der Waals surface area (Å²) in [5, 5.41) is 9.09. The Hall–Kier alpha value is -1.37. The zero-order valence-corrected chi connectivity index (χ0v) is 8.49. The molecule has 2 amide bonds. The largest absolute Gasteiger partial charge is 0.481 e. The molecule has 0 aromatic heterocycles. The molecule has 1 fully saturated rings. The summed E-state index contributed by atoms with van der Waals surface area (Å²) >= 11 is 1.18. The normalized spacial score (nSPS) is 26.0. The number of carbonyl (C=O) groups is 3. The number of amidine groups is 1. The van der Waals surface area contributed by atoms with Crippen LogP contribution in [0.1, 0.15) is 6.42 Å². The van der Waals surface area contributed by atoms with Crippen LogP contribution in [0.15, 0.2) is 4.99 Å². The number of rotatable bonds is 1. The zero-order valence-electron chi connectivity index (χ0n) is 7.67. The van der Waals surface area contributed by atoms with Crippen LogP contribution in [0.2, 0.25) is 0 Å². The van der Waals surface area contributed by atoms with Crippen molar-refractivity contribution in [2.75, 3.05) is 12.3 Å². The van der Waals surface area contributed by atoms with E-state index in [0.29, 0.717) is 5.17 Å². The number of aliphatic imine (C=N–C) groups is 1. The summed E-state index contributed by atoms with van der Waals surface area (Å²) in [5.41, 5.74) is 0. The summed E-state index contributed by atoms with van der Waals surface area (Å²) in [6.45, 7) is 0.118. The van der Waals surface area contributed by atoms with E-state index in [9.17, 15) is 14.4 Å². The molecule has 0 saturated carbocycles. The van der Waals surface area contributed by atoms with Gasteiger partial charge >= 0.3 is 5.97 Å². The van der Waals surface area contributed by atoms with Gasteiger partial charge in [0.05, 0.1) is 11.7 Å². The van der Waals surface area contributed by atoms with E-state index in [1.165, 1.54) is 16.7 Å². The lowest BCUT2D eigenvalue weighted by atomic mass is 10.1. The van der Waals surface area contributed by atoms with E-state index in [4.69, 9.17) is 5.11 Å². The van der Waals surface area contributed by atoms with Crippen LogP contribution in [0.3, 0.4) is 0 Å². The van der Waals surface area contributed by atoms with Crippen molar-refractivity contribution in [3.8, 4) is 0 Å². The first kappa shape index (κ1) is 10.2. The maximum absolute atomic E-state index is 11.4. The topological polar surface area (TPSA) is 87.0 Å². The Bertz CT molecular complexity index is 379. The molecule has 1 N–H and O–H groups in total. The van der Waals surface area contributed by atoms with Crippen LogP contribution in [0.25, 0.3) is 0 Å². The van der Waals surface area contributed by atoms with E-state index in [0.717, 1.165) is 0 Å². The monoisotopic (exact) mass is 228 g/mol. The fourth-order valence-electron chi connectivity index (χ4n) is 1.49. The molecular formula is C8H8N2O4S.